The minimum Gasteiger partial charge on any atom is -0.444 e. The largest absolute Gasteiger partial charge is 0.444 e. The highest BCUT2D eigenvalue weighted by atomic mass is 79.9. The van der Waals surface area contributed by atoms with Gasteiger partial charge in [-0.1, -0.05) is 5.10 Å². The maximum absolute atomic E-state index is 11.8. The molecule has 0 aromatic carbocycles. The van der Waals surface area contributed by atoms with Crippen molar-refractivity contribution in [2.75, 3.05) is 5.32 Å². The van der Waals surface area contributed by atoms with Crippen LogP contribution in [0.2, 0.25) is 0 Å². The fourth-order valence-electron chi connectivity index (χ4n) is 1.50. The number of hydrogen-bond donors (Lipinski definition) is 1. The summed E-state index contributed by atoms with van der Waals surface area (Å²) in [5, 5.41) is 13.9. The van der Waals surface area contributed by atoms with Crippen LogP contribution >= 0.6 is 15.9 Å². The van der Waals surface area contributed by atoms with Gasteiger partial charge in [0.15, 0.2) is 16.1 Å². The van der Waals surface area contributed by atoms with Gasteiger partial charge in [0.1, 0.15) is 0 Å². The molecule has 1 amide bonds. The van der Waals surface area contributed by atoms with E-state index in [9.17, 15) is 4.79 Å². The summed E-state index contributed by atoms with van der Waals surface area (Å²) in [6.45, 7) is 0. The van der Waals surface area contributed by atoms with Gasteiger partial charge in [0.25, 0.3) is 11.8 Å². The summed E-state index contributed by atoms with van der Waals surface area (Å²) in [4.78, 5) is 11.8. The summed E-state index contributed by atoms with van der Waals surface area (Å²) < 4.78 is 12.6. The third-order valence-corrected chi connectivity index (χ3v) is 2.80. The lowest BCUT2D eigenvalue weighted by Crippen LogP contribution is -2.13. The Morgan fingerprint density at radius 1 is 1.30 bits per heavy atom. The van der Waals surface area contributed by atoms with Crippen molar-refractivity contribution in [3.63, 3.8) is 0 Å². The Balaban J connectivity index is 1.76. The zero-order valence-electron chi connectivity index (χ0n) is 10.2. The number of carbonyl (C=O) groups is 1. The molecule has 0 spiro atoms. The van der Waals surface area contributed by atoms with Crippen molar-refractivity contribution >= 4 is 27.9 Å². The average molecular weight is 338 g/mol. The second kappa shape index (κ2) is 4.93. The number of hydrogen-bond acceptors (Lipinski definition) is 6. The monoisotopic (exact) mass is 337 g/mol. The first-order valence-electron chi connectivity index (χ1n) is 5.52. The predicted molar refractivity (Wildman–Crippen MR) is 70.9 cm³/mol. The first kappa shape index (κ1) is 12.6. The van der Waals surface area contributed by atoms with Gasteiger partial charge in [-0.3, -0.25) is 14.8 Å². The molecule has 102 valence electrons. The molecule has 0 unspecified atom stereocenters. The van der Waals surface area contributed by atoms with Crippen LogP contribution in [0.4, 0.5) is 6.01 Å². The van der Waals surface area contributed by atoms with Gasteiger partial charge >= 0.3 is 6.01 Å². The van der Waals surface area contributed by atoms with Crippen LogP contribution in [0.1, 0.15) is 10.5 Å². The van der Waals surface area contributed by atoms with Gasteiger partial charge in [0.2, 0.25) is 0 Å². The van der Waals surface area contributed by atoms with E-state index in [2.05, 4.69) is 36.5 Å². The molecule has 8 nitrogen and oxygen atoms in total. The molecule has 20 heavy (non-hydrogen) atoms. The summed E-state index contributed by atoms with van der Waals surface area (Å²) in [5.41, 5.74) is 0.257. The van der Waals surface area contributed by atoms with E-state index in [1.54, 1.807) is 31.4 Å². The number of aromatic nitrogens is 4. The number of carbonyl (C=O) groups excluding carboxylic acids is 1. The van der Waals surface area contributed by atoms with Crippen LogP contribution < -0.4 is 5.32 Å². The number of aryl methyl sites for hydroxylation is 1. The standard InChI is InChI=1S/C11H8BrN5O3/c1-17-5-4-6(16-17)9(18)13-11-15-14-10(20-11)7-2-3-8(12)19-7/h2-5H,1H3,(H,13,15,18). The van der Waals surface area contributed by atoms with Crippen LogP contribution in [-0.4, -0.2) is 25.9 Å². The molecule has 0 aliphatic heterocycles. The highest BCUT2D eigenvalue weighted by Crippen LogP contribution is 2.24. The summed E-state index contributed by atoms with van der Waals surface area (Å²) in [6.07, 6.45) is 1.66. The van der Waals surface area contributed by atoms with Crippen molar-refractivity contribution in [3.05, 3.63) is 34.8 Å². The number of anilines is 1. The Bertz CT molecular complexity index is 760. The van der Waals surface area contributed by atoms with Crippen LogP contribution in [0.5, 0.6) is 0 Å². The van der Waals surface area contributed by atoms with E-state index in [1.807, 2.05) is 0 Å². The Kier molecular flexibility index (Phi) is 3.11. The van der Waals surface area contributed by atoms with Gasteiger partial charge in [0, 0.05) is 13.2 Å². The Morgan fingerprint density at radius 2 is 2.15 bits per heavy atom. The van der Waals surface area contributed by atoms with E-state index >= 15 is 0 Å². The summed E-state index contributed by atoms with van der Waals surface area (Å²) >= 11 is 3.17. The van der Waals surface area contributed by atoms with Gasteiger partial charge in [-0.05, 0) is 34.1 Å². The molecular weight excluding hydrogens is 330 g/mol. The third kappa shape index (κ3) is 2.48. The molecule has 0 saturated carbocycles. The first-order chi connectivity index (χ1) is 9.61. The topological polar surface area (TPSA) is 99.0 Å². The summed E-state index contributed by atoms with van der Waals surface area (Å²) in [5.74, 6) is 0.149. The molecule has 0 aliphatic carbocycles. The molecule has 0 radical (unpaired) electrons. The van der Waals surface area contributed by atoms with Crippen molar-refractivity contribution in [2.24, 2.45) is 7.05 Å². The zero-order chi connectivity index (χ0) is 14.1. The zero-order valence-corrected chi connectivity index (χ0v) is 11.8. The van der Waals surface area contributed by atoms with Crippen molar-refractivity contribution in [1.29, 1.82) is 0 Å². The predicted octanol–water partition coefficient (Wildman–Crippen LogP) is 2.08. The molecule has 0 atom stereocenters. The maximum Gasteiger partial charge on any atom is 0.322 e. The second-order valence-corrected chi connectivity index (χ2v) is 4.63. The smallest absolute Gasteiger partial charge is 0.322 e. The number of amides is 1. The number of nitrogens with one attached hydrogen (secondary N) is 1. The highest BCUT2D eigenvalue weighted by Gasteiger charge is 2.16. The average Bonchev–Trinajstić information content (AvgIpc) is 3.10. The molecule has 3 heterocycles. The molecule has 0 aliphatic rings. The highest BCUT2D eigenvalue weighted by molar-refractivity contribution is 9.10. The number of rotatable bonds is 3. The van der Waals surface area contributed by atoms with E-state index in [0.717, 1.165) is 0 Å². The number of nitrogens with zero attached hydrogens (tertiary/aromatic N) is 4. The lowest BCUT2D eigenvalue weighted by molar-refractivity contribution is 0.101. The first-order valence-corrected chi connectivity index (χ1v) is 6.31. The van der Waals surface area contributed by atoms with Gasteiger partial charge in [-0.2, -0.15) is 5.10 Å². The van der Waals surface area contributed by atoms with Crippen LogP contribution in [0.3, 0.4) is 0 Å². The van der Waals surface area contributed by atoms with Crippen LogP contribution in [0.25, 0.3) is 11.7 Å². The van der Waals surface area contributed by atoms with E-state index in [1.165, 1.54) is 4.68 Å². The number of halogens is 1. The summed E-state index contributed by atoms with van der Waals surface area (Å²) in [7, 11) is 1.72. The van der Waals surface area contributed by atoms with Gasteiger partial charge in [0.05, 0.1) is 0 Å². The van der Waals surface area contributed by atoms with E-state index in [4.69, 9.17) is 8.83 Å². The summed E-state index contributed by atoms with van der Waals surface area (Å²) in [6, 6.07) is 4.92. The number of furan rings is 1. The SMILES string of the molecule is Cn1ccc(C(=O)Nc2nnc(-c3ccc(Br)o3)o2)n1. The van der Waals surface area contributed by atoms with Crippen LogP contribution in [-0.2, 0) is 7.05 Å². The van der Waals surface area contributed by atoms with Crippen LogP contribution in [0.15, 0.2) is 37.9 Å². The molecule has 3 rings (SSSR count). The second-order valence-electron chi connectivity index (χ2n) is 3.84. The lowest BCUT2D eigenvalue weighted by Gasteiger charge is -1.95. The normalized spacial score (nSPS) is 10.7. The van der Waals surface area contributed by atoms with Crippen LogP contribution in [0, 0.1) is 0 Å². The molecule has 3 aromatic heterocycles. The van der Waals surface area contributed by atoms with E-state index in [-0.39, 0.29) is 17.6 Å². The minimum absolute atomic E-state index is 0.0248. The minimum atomic E-state index is -0.429. The quantitative estimate of drug-likeness (QED) is 0.785. The Morgan fingerprint density at radius 3 is 2.80 bits per heavy atom. The molecule has 1 N–H and O–H groups in total. The van der Waals surface area contributed by atoms with Crippen molar-refractivity contribution in [3.8, 4) is 11.7 Å². The van der Waals surface area contributed by atoms with Gasteiger partial charge in [-0.25, -0.2) is 0 Å². The fraction of sp³-hybridized carbons (Fsp3) is 0.0909. The van der Waals surface area contributed by atoms with Crippen molar-refractivity contribution in [2.45, 2.75) is 0 Å². The molecule has 0 fully saturated rings. The van der Waals surface area contributed by atoms with Crippen molar-refractivity contribution in [1.82, 2.24) is 20.0 Å². The fourth-order valence-corrected chi connectivity index (χ4v) is 1.81. The molecule has 9 heteroatoms. The Labute approximate surface area is 120 Å². The maximum atomic E-state index is 11.8. The van der Waals surface area contributed by atoms with E-state index < -0.39 is 5.91 Å². The van der Waals surface area contributed by atoms with Gasteiger partial charge in [-0.15, -0.1) is 5.10 Å². The van der Waals surface area contributed by atoms with Gasteiger partial charge < -0.3 is 8.83 Å². The Hall–Kier alpha value is -2.42. The van der Waals surface area contributed by atoms with E-state index in [0.29, 0.717) is 10.4 Å². The molecule has 0 saturated heterocycles. The van der Waals surface area contributed by atoms with Crippen molar-refractivity contribution < 1.29 is 13.6 Å². The molecule has 3 aromatic rings. The molecule has 0 bridgehead atoms. The third-order valence-electron chi connectivity index (χ3n) is 2.38. The lowest BCUT2D eigenvalue weighted by atomic mass is 10.4. The molecular formula is C11H8BrN5O3.